The van der Waals surface area contributed by atoms with Crippen molar-refractivity contribution in [2.45, 2.75) is 20.0 Å². The molecule has 10 heteroatoms. The molecule has 36 heavy (non-hydrogen) atoms. The van der Waals surface area contributed by atoms with Crippen molar-refractivity contribution in [3.05, 3.63) is 95.8 Å². The van der Waals surface area contributed by atoms with Gasteiger partial charge < -0.3 is 10.1 Å². The number of carbonyl (C=O) groups is 1. The normalized spacial score (nSPS) is 10.8. The minimum Gasteiger partial charge on any atom is -0.489 e. The molecule has 2 N–H and O–H groups in total. The van der Waals surface area contributed by atoms with Crippen LogP contribution in [0, 0.1) is 0 Å². The monoisotopic (exact) mass is 514 g/mol. The van der Waals surface area contributed by atoms with Crippen LogP contribution in [0.1, 0.15) is 28.7 Å². The molecule has 0 aliphatic heterocycles. The van der Waals surface area contributed by atoms with Gasteiger partial charge in [0.15, 0.2) is 10.9 Å². The summed E-state index contributed by atoms with van der Waals surface area (Å²) in [6.07, 6.45) is 0.766. The fraction of sp³-hybridized carbons (Fsp3) is 0.115. The first-order chi connectivity index (χ1) is 17.6. The van der Waals surface area contributed by atoms with Crippen LogP contribution in [0.4, 0.5) is 5.69 Å². The molecular formula is C26H22N6O2S2. The van der Waals surface area contributed by atoms with Gasteiger partial charge in [-0.25, -0.2) is 0 Å². The number of rotatable bonds is 7. The lowest BCUT2D eigenvalue weighted by molar-refractivity contribution is 0.0977. The summed E-state index contributed by atoms with van der Waals surface area (Å²) in [4.78, 5) is 13.4. The largest absolute Gasteiger partial charge is 0.489 e. The highest BCUT2D eigenvalue weighted by atomic mass is 32.1. The molecule has 0 atom stereocenters. The maximum absolute atomic E-state index is 12.6. The van der Waals surface area contributed by atoms with Gasteiger partial charge in [0, 0.05) is 23.2 Å². The van der Waals surface area contributed by atoms with Crippen molar-refractivity contribution in [2.24, 2.45) is 0 Å². The molecule has 0 saturated carbocycles. The summed E-state index contributed by atoms with van der Waals surface area (Å²) >= 11 is 6.80. The lowest BCUT2D eigenvalue weighted by Gasteiger charge is -2.11. The summed E-state index contributed by atoms with van der Waals surface area (Å²) in [6, 6.07) is 24.5. The molecule has 0 aliphatic rings. The third-order valence-electron chi connectivity index (χ3n) is 5.35. The van der Waals surface area contributed by atoms with Crippen LogP contribution in [0.25, 0.3) is 15.5 Å². The Kier molecular flexibility index (Phi) is 6.96. The van der Waals surface area contributed by atoms with Gasteiger partial charge >= 0.3 is 0 Å². The number of anilines is 1. The number of benzene rings is 3. The molecular weight excluding hydrogens is 492 g/mol. The maximum atomic E-state index is 12.6. The smallest absolute Gasteiger partial charge is 0.257 e. The average Bonchev–Trinajstić information content (AvgIpc) is 3.50. The van der Waals surface area contributed by atoms with E-state index >= 15 is 0 Å². The van der Waals surface area contributed by atoms with Crippen LogP contribution >= 0.6 is 23.6 Å². The van der Waals surface area contributed by atoms with Gasteiger partial charge in [0.05, 0.1) is 0 Å². The number of ether oxygens (including phenoxy) is 1. The Morgan fingerprint density at radius 3 is 2.47 bits per heavy atom. The van der Waals surface area contributed by atoms with Crippen LogP contribution in [0.5, 0.6) is 5.75 Å². The molecule has 0 fully saturated rings. The number of amides is 1. The molecule has 5 aromatic rings. The number of nitrogens with zero attached hydrogens (tertiary/aromatic N) is 4. The standard InChI is InChI=1S/C26H22N6O2S2/c1-2-22-29-30-26-32(22)31-24(36-26)19-8-12-20(13-9-19)27-25(35)28-23(33)18-10-14-21(15-11-18)34-16-17-6-4-3-5-7-17/h3-15H,2,16H2,1H3,(H2,27,28,33,35). The molecule has 5 rings (SSSR count). The molecule has 1 amide bonds. The molecule has 0 radical (unpaired) electrons. The summed E-state index contributed by atoms with van der Waals surface area (Å²) in [5, 5.41) is 19.7. The van der Waals surface area contributed by atoms with Crippen molar-refractivity contribution in [1.82, 2.24) is 25.1 Å². The van der Waals surface area contributed by atoms with E-state index in [0.29, 0.717) is 17.9 Å². The van der Waals surface area contributed by atoms with Gasteiger partial charge in [0.25, 0.3) is 5.91 Å². The predicted molar refractivity (Wildman–Crippen MR) is 144 cm³/mol. The van der Waals surface area contributed by atoms with Crippen LogP contribution in [-0.4, -0.2) is 30.8 Å². The number of aryl methyl sites for hydroxylation is 1. The van der Waals surface area contributed by atoms with E-state index < -0.39 is 0 Å². The van der Waals surface area contributed by atoms with Gasteiger partial charge in [-0.3, -0.25) is 10.1 Å². The molecule has 0 unspecified atom stereocenters. The second kappa shape index (κ2) is 10.6. The number of carbonyl (C=O) groups excluding carboxylic acids is 1. The number of aromatic nitrogens is 4. The molecule has 180 valence electrons. The Labute approximate surface area is 217 Å². The van der Waals surface area contributed by atoms with E-state index in [1.54, 1.807) is 28.8 Å². The number of fused-ring (bicyclic) bond motifs is 1. The van der Waals surface area contributed by atoms with E-state index in [1.165, 1.54) is 11.3 Å². The Balaban J connectivity index is 1.15. The Hall–Kier alpha value is -4.15. The number of thiocarbonyl (C=S) groups is 1. The first-order valence-electron chi connectivity index (χ1n) is 11.3. The lowest BCUT2D eigenvalue weighted by atomic mass is 10.2. The number of nitrogens with one attached hydrogen (secondary N) is 2. The molecule has 0 saturated heterocycles. The quantitative estimate of drug-likeness (QED) is 0.291. The number of hydrogen-bond acceptors (Lipinski definition) is 7. The van der Waals surface area contributed by atoms with Crippen molar-refractivity contribution in [3.8, 4) is 16.3 Å². The van der Waals surface area contributed by atoms with Crippen molar-refractivity contribution in [3.63, 3.8) is 0 Å². The second-order valence-electron chi connectivity index (χ2n) is 7.86. The van der Waals surface area contributed by atoms with Gasteiger partial charge in [-0.1, -0.05) is 48.6 Å². The van der Waals surface area contributed by atoms with Crippen LogP contribution in [-0.2, 0) is 13.0 Å². The highest BCUT2D eigenvalue weighted by Gasteiger charge is 2.12. The fourth-order valence-corrected chi connectivity index (χ4v) is 4.55. The van der Waals surface area contributed by atoms with Gasteiger partial charge in [-0.05, 0) is 66.3 Å². The van der Waals surface area contributed by atoms with E-state index in [1.807, 2.05) is 61.5 Å². The van der Waals surface area contributed by atoms with Crippen molar-refractivity contribution in [1.29, 1.82) is 0 Å². The van der Waals surface area contributed by atoms with Crippen LogP contribution in [0.3, 0.4) is 0 Å². The summed E-state index contributed by atoms with van der Waals surface area (Å²) in [6.45, 7) is 2.49. The van der Waals surface area contributed by atoms with Crippen molar-refractivity contribution < 1.29 is 9.53 Å². The summed E-state index contributed by atoms with van der Waals surface area (Å²) in [5.41, 5.74) is 3.28. The van der Waals surface area contributed by atoms with Gasteiger partial charge in [-0.15, -0.1) is 10.2 Å². The fourth-order valence-electron chi connectivity index (χ4n) is 3.47. The molecule has 8 nitrogen and oxygen atoms in total. The number of hydrogen-bond donors (Lipinski definition) is 2. The molecule has 2 heterocycles. The molecule has 0 bridgehead atoms. The van der Waals surface area contributed by atoms with Crippen LogP contribution in [0.2, 0.25) is 0 Å². The van der Waals surface area contributed by atoms with Crippen LogP contribution in [0.15, 0.2) is 78.9 Å². The SMILES string of the molecule is CCc1nnc2sc(-c3ccc(NC(=S)NC(=O)c4ccc(OCc5ccccc5)cc4)cc3)nn12. The summed E-state index contributed by atoms with van der Waals surface area (Å²) in [7, 11) is 0. The van der Waals surface area contributed by atoms with Gasteiger partial charge in [0.2, 0.25) is 4.96 Å². The van der Waals surface area contributed by atoms with Gasteiger partial charge in [-0.2, -0.15) is 9.61 Å². The summed E-state index contributed by atoms with van der Waals surface area (Å²) < 4.78 is 7.55. The van der Waals surface area contributed by atoms with E-state index in [0.717, 1.165) is 39.0 Å². The third kappa shape index (κ3) is 5.40. The molecule has 3 aromatic carbocycles. The van der Waals surface area contributed by atoms with Crippen molar-refractivity contribution >= 4 is 45.2 Å². The van der Waals surface area contributed by atoms with E-state index in [9.17, 15) is 4.79 Å². The molecule has 0 spiro atoms. The average molecular weight is 515 g/mol. The first-order valence-corrected chi connectivity index (χ1v) is 12.5. The lowest BCUT2D eigenvalue weighted by Crippen LogP contribution is -2.34. The Bertz CT molecular complexity index is 1500. The van der Waals surface area contributed by atoms with Crippen molar-refractivity contribution in [2.75, 3.05) is 5.32 Å². The third-order valence-corrected chi connectivity index (χ3v) is 6.51. The van der Waals surface area contributed by atoms with E-state index in [2.05, 4.69) is 25.9 Å². The second-order valence-corrected chi connectivity index (χ2v) is 9.22. The zero-order chi connectivity index (χ0) is 24.9. The van der Waals surface area contributed by atoms with Crippen LogP contribution < -0.4 is 15.4 Å². The van der Waals surface area contributed by atoms with E-state index in [4.69, 9.17) is 17.0 Å². The molecule has 2 aromatic heterocycles. The minimum absolute atomic E-state index is 0.212. The van der Waals surface area contributed by atoms with E-state index in [-0.39, 0.29) is 11.0 Å². The topological polar surface area (TPSA) is 93.4 Å². The Morgan fingerprint density at radius 2 is 1.75 bits per heavy atom. The molecule has 0 aliphatic carbocycles. The maximum Gasteiger partial charge on any atom is 0.257 e. The first kappa shape index (κ1) is 23.6. The summed E-state index contributed by atoms with van der Waals surface area (Å²) in [5.74, 6) is 1.22. The highest BCUT2D eigenvalue weighted by molar-refractivity contribution is 7.80. The van der Waals surface area contributed by atoms with Gasteiger partial charge in [0.1, 0.15) is 17.4 Å². The minimum atomic E-state index is -0.301. The Morgan fingerprint density at radius 1 is 1.00 bits per heavy atom. The zero-order valence-corrected chi connectivity index (χ0v) is 21.0. The predicted octanol–water partition coefficient (Wildman–Crippen LogP) is 5.12. The highest BCUT2D eigenvalue weighted by Crippen LogP contribution is 2.26. The zero-order valence-electron chi connectivity index (χ0n) is 19.3.